The van der Waals surface area contributed by atoms with Crippen molar-refractivity contribution >= 4 is 35.0 Å². The molecule has 1 aromatic heterocycles. The second kappa shape index (κ2) is 13.4. The molecule has 0 saturated carbocycles. The Morgan fingerprint density at radius 1 is 1.00 bits per heavy atom. The van der Waals surface area contributed by atoms with Crippen LogP contribution in [-0.2, 0) is 16.1 Å². The third-order valence-electron chi connectivity index (χ3n) is 7.02. The van der Waals surface area contributed by atoms with E-state index in [1.165, 1.54) is 37.2 Å². The Morgan fingerprint density at radius 2 is 1.66 bits per heavy atom. The molecule has 0 fully saturated rings. The van der Waals surface area contributed by atoms with Gasteiger partial charge in [0, 0.05) is 5.02 Å². The summed E-state index contributed by atoms with van der Waals surface area (Å²) in [6.45, 7) is 4.03. The summed E-state index contributed by atoms with van der Waals surface area (Å²) >= 11 is 7.20. The lowest BCUT2D eigenvalue weighted by Crippen LogP contribution is -2.40. The van der Waals surface area contributed by atoms with E-state index in [2.05, 4.69) is 4.99 Å². The van der Waals surface area contributed by atoms with Crippen molar-refractivity contribution in [1.29, 1.82) is 0 Å². The van der Waals surface area contributed by atoms with Gasteiger partial charge in [-0.3, -0.25) is 9.36 Å². The van der Waals surface area contributed by atoms with Gasteiger partial charge in [-0.05, 0) is 73.0 Å². The molecule has 1 atom stereocenters. The second-order valence-electron chi connectivity index (χ2n) is 9.75. The number of hydrogen-bond acceptors (Lipinski definition) is 9. The van der Waals surface area contributed by atoms with Crippen LogP contribution in [0.3, 0.4) is 0 Å². The molecular weight excluding hydrogens is 604 g/mol. The van der Waals surface area contributed by atoms with E-state index >= 15 is 0 Å². The minimum absolute atomic E-state index is 0.168. The van der Waals surface area contributed by atoms with Crippen LogP contribution in [0, 0.1) is 0 Å². The summed E-state index contributed by atoms with van der Waals surface area (Å²) < 4.78 is 29.9. The highest BCUT2D eigenvalue weighted by molar-refractivity contribution is 7.07. The Hall–Kier alpha value is -4.54. The molecule has 0 bridgehead atoms. The van der Waals surface area contributed by atoms with Gasteiger partial charge in [-0.1, -0.05) is 47.2 Å². The first-order valence-corrected chi connectivity index (χ1v) is 14.9. The number of hydrogen-bond donors (Lipinski definition) is 0. The van der Waals surface area contributed by atoms with Crippen molar-refractivity contribution in [2.24, 2.45) is 4.99 Å². The van der Waals surface area contributed by atoms with Crippen molar-refractivity contribution in [2.75, 3.05) is 27.9 Å². The average molecular weight is 635 g/mol. The first-order chi connectivity index (χ1) is 21.3. The molecule has 0 saturated heterocycles. The predicted molar refractivity (Wildman–Crippen MR) is 169 cm³/mol. The molecule has 0 spiro atoms. The summed E-state index contributed by atoms with van der Waals surface area (Å²) in [6.07, 6.45) is 1.79. The molecule has 0 unspecified atom stereocenters. The Morgan fingerprint density at radius 3 is 2.25 bits per heavy atom. The van der Waals surface area contributed by atoms with Crippen LogP contribution in [-0.4, -0.2) is 38.5 Å². The number of thiazole rings is 1. The van der Waals surface area contributed by atoms with Crippen molar-refractivity contribution in [1.82, 2.24) is 4.57 Å². The van der Waals surface area contributed by atoms with Gasteiger partial charge in [0.1, 0.15) is 12.4 Å². The summed E-state index contributed by atoms with van der Waals surface area (Å²) in [4.78, 5) is 32.4. The maximum Gasteiger partial charge on any atom is 0.338 e. The summed E-state index contributed by atoms with van der Waals surface area (Å²) in [7, 11) is 4.53. The van der Waals surface area contributed by atoms with Crippen LogP contribution in [0.4, 0.5) is 0 Å². The first-order valence-electron chi connectivity index (χ1n) is 13.7. The maximum atomic E-state index is 14.0. The molecule has 0 amide bonds. The van der Waals surface area contributed by atoms with E-state index in [0.717, 1.165) is 11.1 Å². The Kier molecular flexibility index (Phi) is 9.41. The van der Waals surface area contributed by atoms with Gasteiger partial charge >= 0.3 is 5.97 Å². The fraction of sp³-hybridized carbons (Fsp3) is 0.242. The molecular formula is C33H31ClN2O7S. The van der Waals surface area contributed by atoms with Gasteiger partial charge in [0.15, 0.2) is 16.3 Å². The zero-order chi connectivity index (χ0) is 31.4. The smallest absolute Gasteiger partial charge is 0.338 e. The Balaban J connectivity index is 1.55. The fourth-order valence-corrected chi connectivity index (χ4v) is 6.10. The standard InChI is InChI=1S/C33H31ClN2O7S/c1-6-42-32(38)28-19(2)35-33-36(29(28)22-16-25(39-3)30(41-5)26(17-22)40-4)31(37)27(44-33)15-20-9-13-24(14-10-20)43-18-21-7-11-23(34)12-8-21/h7-17,29H,6,18H2,1-5H3/b27-15-/t29-/m0/s1. The molecule has 0 aliphatic carbocycles. The van der Waals surface area contributed by atoms with Gasteiger partial charge in [-0.15, -0.1) is 0 Å². The van der Waals surface area contributed by atoms with Crippen LogP contribution in [0.1, 0.15) is 36.6 Å². The van der Waals surface area contributed by atoms with Crippen LogP contribution >= 0.6 is 22.9 Å². The highest BCUT2D eigenvalue weighted by Gasteiger charge is 2.34. The lowest BCUT2D eigenvalue weighted by molar-refractivity contribution is -0.139. The second-order valence-corrected chi connectivity index (χ2v) is 11.2. The topological polar surface area (TPSA) is 97.6 Å². The minimum atomic E-state index is -0.843. The number of benzene rings is 3. The Labute approximate surface area is 263 Å². The van der Waals surface area contributed by atoms with Gasteiger partial charge in [0.05, 0.1) is 49.8 Å². The third-order valence-corrected chi connectivity index (χ3v) is 8.25. The molecule has 5 rings (SSSR count). The van der Waals surface area contributed by atoms with E-state index in [4.69, 9.17) is 35.3 Å². The molecule has 1 aliphatic heterocycles. The first kappa shape index (κ1) is 30.9. The molecule has 11 heteroatoms. The van der Waals surface area contributed by atoms with Crippen LogP contribution in [0.15, 0.2) is 81.7 Å². The largest absolute Gasteiger partial charge is 0.493 e. The van der Waals surface area contributed by atoms with Crippen LogP contribution in [0.2, 0.25) is 5.02 Å². The zero-order valence-corrected chi connectivity index (χ0v) is 26.5. The number of rotatable bonds is 10. The summed E-state index contributed by atoms with van der Waals surface area (Å²) in [5.41, 5.74) is 2.79. The molecule has 44 heavy (non-hydrogen) atoms. The van der Waals surface area contributed by atoms with Crippen molar-refractivity contribution in [3.8, 4) is 23.0 Å². The zero-order valence-electron chi connectivity index (χ0n) is 24.9. The lowest BCUT2D eigenvalue weighted by atomic mass is 9.95. The number of ether oxygens (including phenoxy) is 5. The number of nitrogens with zero attached hydrogens (tertiary/aromatic N) is 2. The lowest BCUT2D eigenvalue weighted by Gasteiger charge is -2.26. The van der Waals surface area contributed by atoms with Gasteiger partial charge < -0.3 is 23.7 Å². The molecule has 0 N–H and O–H groups in total. The predicted octanol–water partition coefficient (Wildman–Crippen LogP) is 5.06. The average Bonchev–Trinajstić information content (AvgIpc) is 3.33. The maximum absolute atomic E-state index is 14.0. The van der Waals surface area contributed by atoms with Crippen molar-refractivity contribution in [3.63, 3.8) is 0 Å². The molecule has 9 nitrogen and oxygen atoms in total. The normalized spacial score (nSPS) is 14.5. The minimum Gasteiger partial charge on any atom is -0.493 e. The monoisotopic (exact) mass is 634 g/mol. The molecule has 3 aromatic carbocycles. The van der Waals surface area contributed by atoms with Gasteiger partial charge in [-0.2, -0.15) is 0 Å². The Bertz CT molecular complexity index is 1870. The van der Waals surface area contributed by atoms with Crippen molar-refractivity contribution in [2.45, 2.75) is 26.5 Å². The summed E-state index contributed by atoms with van der Waals surface area (Å²) in [6, 6.07) is 17.5. The number of halogens is 1. The highest BCUT2D eigenvalue weighted by atomic mass is 35.5. The van der Waals surface area contributed by atoms with Gasteiger partial charge in [0.25, 0.3) is 5.56 Å². The molecule has 1 aliphatic rings. The fourth-order valence-electron chi connectivity index (χ4n) is 4.93. The quantitative estimate of drug-likeness (QED) is 0.225. The third kappa shape index (κ3) is 6.22. The number of methoxy groups -OCH3 is 3. The number of fused-ring (bicyclic) bond motifs is 1. The van der Waals surface area contributed by atoms with Crippen LogP contribution in [0.5, 0.6) is 23.0 Å². The van der Waals surface area contributed by atoms with Gasteiger partial charge in [-0.25, -0.2) is 9.79 Å². The van der Waals surface area contributed by atoms with E-state index in [1.807, 2.05) is 48.5 Å². The number of aromatic nitrogens is 1. The molecule has 228 valence electrons. The van der Waals surface area contributed by atoms with E-state index in [1.54, 1.807) is 32.1 Å². The number of carbonyl (C=O) groups is 1. The van der Waals surface area contributed by atoms with Crippen molar-refractivity contribution < 1.29 is 28.5 Å². The number of carbonyl (C=O) groups excluding carboxylic acids is 1. The van der Waals surface area contributed by atoms with Crippen molar-refractivity contribution in [3.05, 3.63) is 113 Å². The van der Waals surface area contributed by atoms with Crippen LogP contribution < -0.4 is 33.8 Å². The highest BCUT2D eigenvalue weighted by Crippen LogP contribution is 2.42. The van der Waals surface area contributed by atoms with Gasteiger partial charge in [0.2, 0.25) is 5.75 Å². The number of esters is 1. The van der Waals surface area contributed by atoms with E-state index in [-0.39, 0.29) is 17.7 Å². The summed E-state index contributed by atoms with van der Waals surface area (Å²) in [5.74, 6) is 1.30. The van der Waals surface area contributed by atoms with E-state index < -0.39 is 12.0 Å². The molecule has 2 heterocycles. The molecule has 0 radical (unpaired) electrons. The SMILES string of the molecule is CCOC(=O)C1=C(C)N=c2s/c(=C\c3ccc(OCc4ccc(Cl)cc4)cc3)c(=O)n2[C@H]1c1cc(OC)c(OC)c(OC)c1. The van der Waals surface area contributed by atoms with E-state index in [0.29, 0.717) is 55.2 Å². The molecule has 4 aromatic rings. The van der Waals surface area contributed by atoms with E-state index in [9.17, 15) is 9.59 Å². The van der Waals surface area contributed by atoms with Crippen LogP contribution in [0.25, 0.3) is 6.08 Å². The number of allylic oxidation sites excluding steroid dienone is 1. The summed E-state index contributed by atoms with van der Waals surface area (Å²) in [5, 5.41) is 0.672.